The Labute approximate surface area is 98.6 Å². The van der Waals surface area contributed by atoms with Crippen molar-refractivity contribution in [1.29, 1.82) is 0 Å². The second-order valence-electron chi connectivity index (χ2n) is 3.85. The molecule has 1 aliphatic heterocycles. The van der Waals surface area contributed by atoms with Crippen molar-refractivity contribution in [2.75, 3.05) is 0 Å². The van der Waals surface area contributed by atoms with Crippen LogP contribution in [0.15, 0.2) is 17.5 Å². The molecule has 0 fully saturated rings. The average Bonchev–Trinajstić information content (AvgIpc) is 2.97. The summed E-state index contributed by atoms with van der Waals surface area (Å²) in [4.78, 5) is 10.5. The lowest BCUT2D eigenvalue weighted by atomic mass is 10.1. The molecule has 0 radical (unpaired) electrons. The summed E-state index contributed by atoms with van der Waals surface area (Å²) in [5, 5.41) is 5.40. The number of hydrogen-bond donors (Lipinski definition) is 1. The molecule has 0 atom stereocenters. The van der Waals surface area contributed by atoms with Crippen LogP contribution in [0, 0.1) is 0 Å². The number of nitrogens with zero attached hydrogens (tertiary/aromatic N) is 2. The van der Waals surface area contributed by atoms with Gasteiger partial charge in [0.2, 0.25) is 0 Å². The number of aromatic nitrogens is 2. The minimum atomic E-state index is 0.878. The number of rotatable bonds is 2. The summed E-state index contributed by atoms with van der Waals surface area (Å²) in [6.07, 6.45) is 0.977. The molecular weight excluding hydrogens is 218 g/mol. The van der Waals surface area contributed by atoms with Crippen LogP contribution in [0.3, 0.4) is 0 Å². The predicted octanol–water partition coefficient (Wildman–Crippen LogP) is 2.37. The molecule has 0 saturated heterocycles. The Morgan fingerprint density at radius 2 is 2.31 bits per heavy atom. The van der Waals surface area contributed by atoms with Gasteiger partial charge in [0.25, 0.3) is 0 Å². The molecule has 1 N–H and O–H groups in total. The number of nitrogens with one attached hydrogen (secondary N) is 1. The zero-order chi connectivity index (χ0) is 11.0. The normalized spacial score (nSPS) is 14.1. The van der Waals surface area contributed by atoms with E-state index in [2.05, 4.69) is 33.7 Å². The highest BCUT2D eigenvalue weighted by atomic mass is 32.1. The Balaban J connectivity index is 2.15. The standard InChI is InChI=1S/C12H13N3S/c1-2-9-8-6-13-7-10(8)15-12(14-9)11-4-3-5-16-11/h3-5,13H,2,6-7H2,1H3. The fourth-order valence-corrected chi connectivity index (χ4v) is 2.70. The minimum absolute atomic E-state index is 0.878. The van der Waals surface area contributed by atoms with E-state index >= 15 is 0 Å². The van der Waals surface area contributed by atoms with Crippen LogP contribution in [0.5, 0.6) is 0 Å². The van der Waals surface area contributed by atoms with Crippen LogP contribution < -0.4 is 5.32 Å². The van der Waals surface area contributed by atoms with Crippen LogP contribution in [0.25, 0.3) is 10.7 Å². The van der Waals surface area contributed by atoms with Crippen molar-refractivity contribution in [1.82, 2.24) is 15.3 Å². The highest BCUT2D eigenvalue weighted by Crippen LogP contribution is 2.25. The topological polar surface area (TPSA) is 37.8 Å². The number of hydrogen-bond acceptors (Lipinski definition) is 4. The van der Waals surface area contributed by atoms with E-state index in [1.54, 1.807) is 11.3 Å². The molecular formula is C12H13N3S. The molecule has 3 nitrogen and oxygen atoms in total. The van der Waals surface area contributed by atoms with Gasteiger partial charge >= 0.3 is 0 Å². The molecule has 82 valence electrons. The molecule has 4 heteroatoms. The van der Waals surface area contributed by atoms with Crippen molar-refractivity contribution >= 4 is 11.3 Å². The molecule has 2 aromatic heterocycles. The Kier molecular flexibility index (Phi) is 2.46. The summed E-state index contributed by atoms with van der Waals surface area (Å²) in [7, 11) is 0. The van der Waals surface area contributed by atoms with Crippen molar-refractivity contribution in [3.05, 3.63) is 34.5 Å². The Bertz CT molecular complexity index is 505. The molecule has 3 rings (SSSR count). The van der Waals surface area contributed by atoms with Crippen molar-refractivity contribution in [3.63, 3.8) is 0 Å². The van der Waals surface area contributed by atoms with Crippen LogP contribution in [0.2, 0.25) is 0 Å². The first kappa shape index (κ1) is 9.93. The summed E-state index contributed by atoms with van der Waals surface area (Å²) in [6, 6.07) is 4.12. The first-order valence-corrected chi connectivity index (χ1v) is 6.39. The van der Waals surface area contributed by atoms with Crippen molar-refractivity contribution in [2.24, 2.45) is 0 Å². The lowest BCUT2D eigenvalue weighted by molar-refractivity contribution is 0.755. The van der Waals surface area contributed by atoms with Gasteiger partial charge in [-0.15, -0.1) is 11.3 Å². The molecule has 0 spiro atoms. The SMILES string of the molecule is CCc1nc(-c2cccs2)nc2c1CNC2. The fraction of sp³-hybridized carbons (Fsp3) is 0.333. The van der Waals surface area contributed by atoms with Crippen LogP contribution in [0.1, 0.15) is 23.9 Å². The molecule has 0 aliphatic carbocycles. The van der Waals surface area contributed by atoms with Gasteiger partial charge in [-0.1, -0.05) is 13.0 Å². The fourth-order valence-electron chi connectivity index (χ4n) is 2.05. The third kappa shape index (κ3) is 1.54. The number of fused-ring (bicyclic) bond motifs is 1. The largest absolute Gasteiger partial charge is 0.307 e. The quantitative estimate of drug-likeness (QED) is 0.862. The van der Waals surface area contributed by atoms with E-state index in [-0.39, 0.29) is 0 Å². The van der Waals surface area contributed by atoms with Gasteiger partial charge in [-0.05, 0) is 17.9 Å². The highest BCUT2D eigenvalue weighted by molar-refractivity contribution is 7.13. The average molecular weight is 231 g/mol. The van der Waals surface area contributed by atoms with E-state index in [0.29, 0.717) is 0 Å². The van der Waals surface area contributed by atoms with Crippen molar-refractivity contribution in [3.8, 4) is 10.7 Å². The maximum Gasteiger partial charge on any atom is 0.169 e. The lowest BCUT2D eigenvalue weighted by Gasteiger charge is -2.06. The van der Waals surface area contributed by atoms with Gasteiger partial charge in [0.1, 0.15) is 0 Å². The molecule has 0 unspecified atom stereocenters. The van der Waals surface area contributed by atoms with Crippen LogP contribution in [-0.2, 0) is 19.5 Å². The highest BCUT2D eigenvalue weighted by Gasteiger charge is 2.18. The van der Waals surface area contributed by atoms with E-state index in [0.717, 1.165) is 30.2 Å². The maximum atomic E-state index is 4.66. The lowest BCUT2D eigenvalue weighted by Crippen LogP contribution is -2.02. The Morgan fingerprint density at radius 1 is 1.38 bits per heavy atom. The van der Waals surface area contributed by atoms with Crippen LogP contribution in [-0.4, -0.2) is 9.97 Å². The third-order valence-corrected chi connectivity index (χ3v) is 3.71. The smallest absolute Gasteiger partial charge is 0.169 e. The zero-order valence-electron chi connectivity index (χ0n) is 9.16. The maximum absolute atomic E-state index is 4.66. The monoisotopic (exact) mass is 231 g/mol. The van der Waals surface area contributed by atoms with Gasteiger partial charge in [-0.25, -0.2) is 9.97 Å². The van der Waals surface area contributed by atoms with E-state index in [1.165, 1.54) is 17.0 Å². The van der Waals surface area contributed by atoms with Crippen LogP contribution >= 0.6 is 11.3 Å². The first-order chi connectivity index (χ1) is 7.88. The van der Waals surface area contributed by atoms with Gasteiger partial charge in [0.05, 0.1) is 10.6 Å². The molecule has 1 aliphatic rings. The molecule has 16 heavy (non-hydrogen) atoms. The molecule has 2 aromatic rings. The summed E-state index contributed by atoms with van der Waals surface area (Å²) in [6.45, 7) is 3.95. The zero-order valence-corrected chi connectivity index (χ0v) is 9.97. The Hall–Kier alpha value is -1.26. The van der Waals surface area contributed by atoms with Crippen LogP contribution in [0.4, 0.5) is 0 Å². The summed E-state index contributed by atoms with van der Waals surface area (Å²) in [5.74, 6) is 0.884. The van der Waals surface area contributed by atoms with Gasteiger partial charge < -0.3 is 5.32 Å². The van der Waals surface area contributed by atoms with Gasteiger partial charge in [0, 0.05) is 24.3 Å². The van der Waals surface area contributed by atoms with E-state index in [4.69, 9.17) is 0 Å². The van der Waals surface area contributed by atoms with Crippen molar-refractivity contribution in [2.45, 2.75) is 26.4 Å². The van der Waals surface area contributed by atoms with Gasteiger partial charge in [0.15, 0.2) is 5.82 Å². The Morgan fingerprint density at radius 3 is 3.06 bits per heavy atom. The third-order valence-electron chi connectivity index (χ3n) is 2.85. The number of thiophene rings is 1. The molecule has 0 saturated carbocycles. The van der Waals surface area contributed by atoms with Gasteiger partial charge in [-0.3, -0.25) is 0 Å². The number of aryl methyl sites for hydroxylation is 1. The molecule has 0 bridgehead atoms. The van der Waals surface area contributed by atoms with Gasteiger partial charge in [-0.2, -0.15) is 0 Å². The van der Waals surface area contributed by atoms with E-state index in [9.17, 15) is 0 Å². The van der Waals surface area contributed by atoms with E-state index in [1.807, 2.05) is 6.07 Å². The second kappa shape index (κ2) is 3.96. The molecule has 3 heterocycles. The molecule has 0 aromatic carbocycles. The minimum Gasteiger partial charge on any atom is -0.307 e. The summed E-state index contributed by atoms with van der Waals surface area (Å²) >= 11 is 1.70. The van der Waals surface area contributed by atoms with Crippen molar-refractivity contribution < 1.29 is 0 Å². The first-order valence-electron chi connectivity index (χ1n) is 5.51. The molecule has 0 amide bonds. The summed E-state index contributed by atoms with van der Waals surface area (Å²) < 4.78 is 0. The van der Waals surface area contributed by atoms with E-state index < -0.39 is 0 Å². The second-order valence-corrected chi connectivity index (χ2v) is 4.80. The predicted molar refractivity (Wildman–Crippen MR) is 65.3 cm³/mol. The summed E-state index contributed by atoms with van der Waals surface area (Å²) in [5.41, 5.74) is 3.68.